The summed E-state index contributed by atoms with van der Waals surface area (Å²) >= 11 is 0. The topological polar surface area (TPSA) is 74.8 Å². The number of aldehydes is 4. The molecule has 0 heterocycles. The minimum Gasteiger partial charge on any atom is -0.302 e. The molecule has 0 spiro atoms. The summed E-state index contributed by atoms with van der Waals surface area (Å²) < 4.78 is 0. The smallest absolute Gasteiger partial charge is 0.133 e. The third kappa shape index (κ3) is 10.2. The van der Waals surface area contributed by atoms with Gasteiger partial charge in [-0.15, -0.1) is 0 Å². The summed E-state index contributed by atoms with van der Waals surface area (Å²) in [5.74, 6) is 0. The van der Waals surface area contributed by atoms with Crippen molar-refractivity contribution in [1.82, 2.24) is 9.80 Å². The summed E-state index contributed by atoms with van der Waals surface area (Å²) in [6.07, 6.45) is 2.86. The average Bonchev–Trinajstić information content (AvgIpc) is 2.27. The van der Waals surface area contributed by atoms with E-state index in [2.05, 4.69) is 0 Å². The van der Waals surface area contributed by atoms with Gasteiger partial charge >= 0.3 is 0 Å². The van der Waals surface area contributed by atoms with Crippen molar-refractivity contribution >= 4 is 25.1 Å². The quantitative estimate of drug-likeness (QED) is 0.334. The van der Waals surface area contributed by atoms with E-state index in [1.54, 1.807) is 9.80 Å². The number of hydrogen-bond donors (Lipinski definition) is 0. The summed E-state index contributed by atoms with van der Waals surface area (Å²) in [5, 5.41) is 0. The second-order valence-corrected chi connectivity index (χ2v) is 3.19. The van der Waals surface area contributed by atoms with E-state index in [1.165, 1.54) is 0 Å². The molecule has 0 aliphatic rings. The van der Waals surface area contributed by atoms with Gasteiger partial charge in [-0.05, 0) is 0 Å². The first-order valence-corrected chi connectivity index (χ1v) is 4.97. The molecule has 0 aliphatic carbocycles. The van der Waals surface area contributed by atoms with Gasteiger partial charge in [0.15, 0.2) is 0 Å². The second-order valence-electron chi connectivity index (χ2n) is 3.19. The van der Waals surface area contributed by atoms with Crippen LogP contribution in [0, 0.1) is 0 Å². The van der Waals surface area contributed by atoms with Crippen LogP contribution < -0.4 is 0 Å². The van der Waals surface area contributed by atoms with Gasteiger partial charge in [-0.3, -0.25) is 9.80 Å². The molecule has 0 unspecified atom stereocenters. The van der Waals surface area contributed by atoms with Crippen molar-refractivity contribution in [3.8, 4) is 0 Å². The molecule has 0 saturated heterocycles. The Morgan fingerprint density at radius 3 is 1.00 bits per heavy atom. The first-order chi connectivity index (χ1) is 7.78. The van der Waals surface area contributed by atoms with E-state index in [0.29, 0.717) is 38.2 Å². The van der Waals surface area contributed by atoms with E-state index in [1.807, 2.05) is 0 Å². The number of nitrogens with zero attached hydrogens (tertiary/aromatic N) is 2. The molecule has 0 amide bonds. The fraction of sp³-hybridized carbons (Fsp3) is 0.600. The maximum Gasteiger partial charge on any atom is 0.133 e. The van der Waals surface area contributed by atoms with E-state index in [-0.39, 0.29) is 47.9 Å². The van der Waals surface area contributed by atoms with Crippen LogP contribution in [0.4, 0.5) is 0 Å². The summed E-state index contributed by atoms with van der Waals surface area (Å²) in [6.45, 7) is 1.64. The monoisotopic (exact) mass is 276 g/mol. The first-order valence-electron chi connectivity index (χ1n) is 4.97. The first kappa shape index (κ1) is 18.7. The van der Waals surface area contributed by atoms with Crippen molar-refractivity contribution in [2.45, 2.75) is 0 Å². The van der Waals surface area contributed by atoms with Crippen molar-refractivity contribution in [3.63, 3.8) is 0 Å². The minimum atomic E-state index is 0. The Bertz CT molecular complexity index is 194. The molecule has 0 aliphatic heterocycles. The zero-order chi connectivity index (χ0) is 12.2. The molecule has 0 N–H and O–H groups in total. The predicted octanol–water partition coefficient (Wildman–Crippen LogP) is -1.62. The van der Waals surface area contributed by atoms with Crippen LogP contribution in [0.2, 0.25) is 0 Å². The molecule has 0 aromatic heterocycles. The SMILES string of the molecule is O=CCN(CC=O)CCN(CC=O)CC=O.[Ti]. The van der Waals surface area contributed by atoms with Crippen LogP contribution in [0.1, 0.15) is 0 Å². The molecule has 0 fully saturated rings. The molecule has 0 atom stereocenters. The van der Waals surface area contributed by atoms with E-state index in [0.717, 1.165) is 0 Å². The zero-order valence-electron chi connectivity index (χ0n) is 9.58. The van der Waals surface area contributed by atoms with Gasteiger partial charge < -0.3 is 19.2 Å². The van der Waals surface area contributed by atoms with Crippen molar-refractivity contribution in [2.75, 3.05) is 39.3 Å². The molecule has 0 saturated carbocycles. The van der Waals surface area contributed by atoms with Gasteiger partial charge in [0.1, 0.15) is 25.1 Å². The molecule has 0 rings (SSSR count). The Labute approximate surface area is 115 Å². The molecule has 0 bridgehead atoms. The van der Waals surface area contributed by atoms with Gasteiger partial charge in [-0.2, -0.15) is 0 Å². The molecule has 6 nitrogen and oxygen atoms in total. The average molecular weight is 276 g/mol. The Morgan fingerprint density at radius 1 is 0.588 bits per heavy atom. The van der Waals surface area contributed by atoms with Crippen LogP contribution in [0.5, 0.6) is 0 Å². The molecule has 94 valence electrons. The fourth-order valence-corrected chi connectivity index (χ4v) is 1.22. The Hall–Kier alpha value is -0.686. The van der Waals surface area contributed by atoms with Gasteiger partial charge in [-0.25, -0.2) is 0 Å². The maximum absolute atomic E-state index is 10.3. The third-order valence-electron chi connectivity index (χ3n) is 2.06. The van der Waals surface area contributed by atoms with Crippen molar-refractivity contribution in [3.05, 3.63) is 0 Å². The molecule has 0 aromatic rings. The van der Waals surface area contributed by atoms with E-state index in [9.17, 15) is 19.2 Å². The summed E-state index contributed by atoms with van der Waals surface area (Å²) in [6, 6.07) is 0. The van der Waals surface area contributed by atoms with Crippen LogP contribution >= 0.6 is 0 Å². The van der Waals surface area contributed by atoms with Crippen molar-refractivity contribution in [1.29, 1.82) is 0 Å². The fourth-order valence-electron chi connectivity index (χ4n) is 1.22. The van der Waals surface area contributed by atoms with Crippen molar-refractivity contribution in [2.24, 2.45) is 0 Å². The third-order valence-corrected chi connectivity index (χ3v) is 2.06. The van der Waals surface area contributed by atoms with Crippen LogP contribution in [0.3, 0.4) is 0 Å². The van der Waals surface area contributed by atoms with Crippen LogP contribution in [0.15, 0.2) is 0 Å². The molecule has 7 heteroatoms. The number of carbonyl (C=O) groups excluding carboxylic acids is 4. The Kier molecular flexibility index (Phi) is 14.7. The largest absolute Gasteiger partial charge is 0.302 e. The van der Waals surface area contributed by atoms with Crippen molar-refractivity contribution < 1.29 is 40.9 Å². The number of carbonyl (C=O) groups is 4. The predicted molar refractivity (Wildman–Crippen MR) is 57.1 cm³/mol. The Morgan fingerprint density at radius 2 is 0.824 bits per heavy atom. The molecular weight excluding hydrogens is 260 g/mol. The van der Waals surface area contributed by atoms with E-state index >= 15 is 0 Å². The Balaban J connectivity index is 0. The van der Waals surface area contributed by atoms with Gasteiger partial charge in [-0.1, -0.05) is 0 Å². The van der Waals surface area contributed by atoms with Crippen LogP contribution in [0.25, 0.3) is 0 Å². The summed E-state index contributed by atoms with van der Waals surface area (Å²) in [7, 11) is 0. The van der Waals surface area contributed by atoms with Crippen LogP contribution in [-0.4, -0.2) is 74.2 Å². The maximum atomic E-state index is 10.3. The van der Waals surface area contributed by atoms with Gasteiger partial charge in [0.05, 0.1) is 26.2 Å². The van der Waals surface area contributed by atoms with E-state index in [4.69, 9.17) is 0 Å². The standard InChI is InChI=1S/C10H16N2O4.Ti/c13-7-3-11(4-8-14)1-2-12(5-9-15)6-10-16;/h7-10H,1-6H2;. The normalized spacial score (nSPS) is 9.76. The van der Waals surface area contributed by atoms with E-state index < -0.39 is 0 Å². The number of rotatable bonds is 11. The molecule has 17 heavy (non-hydrogen) atoms. The molecule has 0 radical (unpaired) electrons. The summed E-state index contributed by atoms with van der Waals surface area (Å²) in [5.41, 5.74) is 0. The minimum absolute atomic E-state index is 0. The van der Waals surface area contributed by atoms with Gasteiger partial charge in [0.25, 0.3) is 0 Å². The second kappa shape index (κ2) is 13.4. The zero-order valence-corrected chi connectivity index (χ0v) is 11.1. The van der Waals surface area contributed by atoms with Gasteiger partial charge in [0, 0.05) is 34.8 Å². The van der Waals surface area contributed by atoms with Gasteiger partial charge in [0.2, 0.25) is 0 Å². The molecular formula is C10H16N2O4Ti. The summed E-state index contributed by atoms with van der Waals surface area (Å²) in [4.78, 5) is 44.5. The number of hydrogen-bond acceptors (Lipinski definition) is 6. The van der Waals surface area contributed by atoms with Crippen LogP contribution in [-0.2, 0) is 40.9 Å². The molecule has 0 aromatic carbocycles.